The number of aromatic amines is 2. The molecule has 4 N–H and O–H groups in total. The van der Waals surface area contributed by atoms with E-state index in [0.29, 0.717) is 12.8 Å². The molecule has 4 aromatic rings. The van der Waals surface area contributed by atoms with Crippen molar-refractivity contribution in [2.24, 2.45) is 0 Å². The Balaban J connectivity index is 0.000000171. The number of aryl methyl sites for hydroxylation is 2. The summed E-state index contributed by atoms with van der Waals surface area (Å²) in [6, 6.07) is 16.1. The van der Waals surface area contributed by atoms with Gasteiger partial charge in [-0.3, -0.25) is 9.59 Å². The second-order valence-electron chi connectivity index (χ2n) is 7.21. The Hall–Kier alpha value is -3.54. The van der Waals surface area contributed by atoms with Gasteiger partial charge in [-0.05, 0) is 48.9 Å². The zero-order valence-corrected chi connectivity index (χ0v) is 16.7. The van der Waals surface area contributed by atoms with Gasteiger partial charge < -0.3 is 20.2 Å². The Morgan fingerprint density at radius 2 is 1.07 bits per heavy atom. The molecule has 0 unspecified atom stereocenters. The number of benzene rings is 2. The Morgan fingerprint density at radius 3 is 1.47 bits per heavy atom. The van der Waals surface area contributed by atoms with Crippen molar-refractivity contribution in [3.05, 3.63) is 72.1 Å². The smallest absolute Gasteiger partial charge is 0.303 e. The van der Waals surface area contributed by atoms with Gasteiger partial charge in [-0.1, -0.05) is 36.4 Å². The van der Waals surface area contributed by atoms with Crippen molar-refractivity contribution >= 4 is 33.7 Å². The summed E-state index contributed by atoms with van der Waals surface area (Å²) in [6.45, 7) is 0. The van der Waals surface area contributed by atoms with Crippen LogP contribution in [0.15, 0.2) is 60.9 Å². The molecule has 2 aromatic heterocycles. The highest BCUT2D eigenvalue weighted by Gasteiger charge is 2.04. The minimum atomic E-state index is -0.727. The number of para-hydroxylation sites is 2. The van der Waals surface area contributed by atoms with Crippen molar-refractivity contribution in [2.75, 3.05) is 0 Å². The van der Waals surface area contributed by atoms with E-state index in [1.54, 1.807) is 0 Å². The third-order valence-electron chi connectivity index (χ3n) is 5.02. The Bertz CT molecular complexity index is 1040. The van der Waals surface area contributed by atoms with Crippen LogP contribution in [0.2, 0.25) is 0 Å². The van der Waals surface area contributed by atoms with Crippen LogP contribution in [0.5, 0.6) is 0 Å². The van der Waals surface area contributed by atoms with Crippen LogP contribution in [0.25, 0.3) is 21.8 Å². The number of rotatable bonds is 8. The van der Waals surface area contributed by atoms with Gasteiger partial charge in [0.05, 0.1) is 0 Å². The van der Waals surface area contributed by atoms with Gasteiger partial charge in [0.15, 0.2) is 0 Å². The summed E-state index contributed by atoms with van der Waals surface area (Å²) < 4.78 is 0. The fourth-order valence-corrected chi connectivity index (χ4v) is 3.54. The highest BCUT2D eigenvalue weighted by molar-refractivity contribution is 5.83. The molecule has 2 aromatic carbocycles. The van der Waals surface area contributed by atoms with Crippen molar-refractivity contribution in [3.63, 3.8) is 0 Å². The van der Waals surface area contributed by atoms with Gasteiger partial charge in [0.1, 0.15) is 0 Å². The van der Waals surface area contributed by atoms with E-state index < -0.39 is 11.9 Å². The molecule has 0 atom stereocenters. The van der Waals surface area contributed by atoms with Gasteiger partial charge in [-0.2, -0.15) is 0 Å². The summed E-state index contributed by atoms with van der Waals surface area (Å²) in [7, 11) is 0. The van der Waals surface area contributed by atoms with E-state index in [4.69, 9.17) is 10.2 Å². The largest absolute Gasteiger partial charge is 0.481 e. The molecule has 0 radical (unpaired) electrons. The van der Waals surface area contributed by atoms with Crippen LogP contribution in [0.1, 0.15) is 36.8 Å². The first-order valence-corrected chi connectivity index (χ1v) is 10.1. The lowest BCUT2D eigenvalue weighted by Crippen LogP contribution is -1.95. The number of nitrogens with one attached hydrogen (secondary N) is 2. The van der Waals surface area contributed by atoms with Crippen LogP contribution in [0.3, 0.4) is 0 Å². The zero-order chi connectivity index (χ0) is 21.3. The minimum absolute atomic E-state index is 0.236. The lowest BCUT2D eigenvalue weighted by atomic mass is 10.1. The van der Waals surface area contributed by atoms with Crippen LogP contribution >= 0.6 is 0 Å². The molecule has 0 saturated carbocycles. The van der Waals surface area contributed by atoms with Crippen molar-refractivity contribution in [1.82, 2.24) is 9.97 Å². The molecule has 0 fully saturated rings. The van der Waals surface area contributed by atoms with Crippen LogP contribution < -0.4 is 0 Å². The zero-order valence-electron chi connectivity index (χ0n) is 16.7. The topological polar surface area (TPSA) is 106 Å². The minimum Gasteiger partial charge on any atom is -0.481 e. The maximum absolute atomic E-state index is 10.4. The molecular weight excluding hydrogens is 380 g/mol. The predicted octanol–water partition coefficient (Wildman–Crippen LogP) is 5.15. The molecule has 0 aliphatic heterocycles. The summed E-state index contributed by atoms with van der Waals surface area (Å²) in [5.74, 6) is -1.45. The van der Waals surface area contributed by atoms with E-state index in [9.17, 15) is 9.59 Å². The van der Waals surface area contributed by atoms with E-state index >= 15 is 0 Å². The maximum atomic E-state index is 10.4. The number of aliphatic carboxylic acids is 2. The number of hydrogen-bond acceptors (Lipinski definition) is 2. The molecule has 4 rings (SSSR count). The monoisotopic (exact) mass is 406 g/mol. The Labute approximate surface area is 174 Å². The first-order chi connectivity index (χ1) is 14.5. The molecule has 0 aliphatic rings. The highest BCUT2D eigenvalue weighted by Crippen LogP contribution is 2.20. The molecule has 6 heteroatoms. The molecule has 0 bridgehead atoms. The standard InChI is InChI=1S/2C12H13NO2/c2*14-12(15)7-3-4-9-8-13-11-6-2-1-5-10(9)11/h2*1-2,5-6,8,13H,3-4,7H2,(H,14,15). The number of hydrogen-bond donors (Lipinski definition) is 4. The van der Waals surface area contributed by atoms with Gasteiger partial charge >= 0.3 is 11.9 Å². The lowest BCUT2D eigenvalue weighted by molar-refractivity contribution is -0.138. The van der Waals surface area contributed by atoms with Gasteiger partial charge in [-0.25, -0.2) is 0 Å². The molecule has 6 nitrogen and oxygen atoms in total. The van der Waals surface area contributed by atoms with Crippen molar-refractivity contribution < 1.29 is 19.8 Å². The molecule has 2 heterocycles. The molecule has 0 aliphatic carbocycles. The third kappa shape index (κ3) is 5.73. The quantitative estimate of drug-likeness (QED) is 0.325. The Kier molecular flexibility index (Phi) is 7.27. The molecular formula is C24H26N2O4. The van der Waals surface area contributed by atoms with Crippen molar-refractivity contribution in [2.45, 2.75) is 38.5 Å². The summed E-state index contributed by atoms with van der Waals surface area (Å²) in [4.78, 5) is 27.1. The third-order valence-corrected chi connectivity index (χ3v) is 5.02. The molecule has 0 amide bonds. The summed E-state index contributed by atoms with van der Waals surface area (Å²) in [5, 5.41) is 19.5. The summed E-state index contributed by atoms with van der Waals surface area (Å²) in [6.07, 6.45) is 7.42. The van der Waals surface area contributed by atoms with Gasteiger partial charge in [-0.15, -0.1) is 0 Å². The predicted molar refractivity (Wildman–Crippen MR) is 118 cm³/mol. The first kappa shape index (κ1) is 21.2. The number of aromatic nitrogens is 2. The first-order valence-electron chi connectivity index (χ1n) is 10.1. The normalized spacial score (nSPS) is 10.7. The second-order valence-corrected chi connectivity index (χ2v) is 7.21. The van der Waals surface area contributed by atoms with E-state index in [0.717, 1.165) is 23.9 Å². The fraction of sp³-hybridized carbons (Fsp3) is 0.250. The van der Waals surface area contributed by atoms with Crippen molar-refractivity contribution in [3.8, 4) is 0 Å². The molecule has 30 heavy (non-hydrogen) atoms. The number of fused-ring (bicyclic) bond motifs is 2. The van der Waals surface area contributed by atoms with Crippen LogP contribution in [0, 0.1) is 0 Å². The van der Waals surface area contributed by atoms with Crippen LogP contribution in [0.4, 0.5) is 0 Å². The molecule has 0 spiro atoms. The van der Waals surface area contributed by atoms with Gasteiger partial charge in [0, 0.05) is 47.0 Å². The average molecular weight is 406 g/mol. The van der Waals surface area contributed by atoms with E-state index in [2.05, 4.69) is 22.1 Å². The highest BCUT2D eigenvalue weighted by atomic mass is 16.4. The Morgan fingerprint density at radius 1 is 0.667 bits per heavy atom. The second kappa shape index (κ2) is 10.3. The van der Waals surface area contributed by atoms with E-state index in [1.807, 2.05) is 48.8 Å². The fourth-order valence-electron chi connectivity index (χ4n) is 3.54. The maximum Gasteiger partial charge on any atom is 0.303 e. The van der Waals surface area contributed by atoms with Crippen LogP contribution in [-0.2, 0) is 22.4 Å². The summed E-state index contributed by atoms with van der Waals surface area (Å²) in [5.41, 5.74) is 4.63. The number of H-pyrrole nitrogens is 2. The number of carboxylic acid groups (broad SMARTS) is 2. The van der Waals surface area contributed by atoms with E-state index in [-0.39, 0.29) is 12.8 Å². The molecule has 156 valence electrons. The van der Waals surface area contributed by atoms with E-state index in [1.165, 1.54) is 21.9 Å². The SMILES string of the molecule is O=C(O)CCCc1c[nH]c2ccccc12.O=C(O)CCCc1c[nH]c2ccccc12. The van der Waals surface area contributed by atoms with Crippen molar-refractivity contribution in [1.29, 1.82) is 0 Å². The van der Waals surface area contributed by atoms with Gasteiger partial charge in [0.2, 0.25) is 0 Å². The van der Waals surface area contributed by atoms with Gasteiger partial charge in [0.25, 0.3) is 0 Å². The number of carboxylic acids is 2. The van der Waals surface area contributed by atoms with Crippen LogP contribution in [-0.4, -0.2) is 32.1 Å². The molecule has 0 saturated heterocycles. The summed E-state index contributed by atoms with van der Waals surface area (Å²) >= 11 is 0. The number of carbonyl (C=O) groups is 2. The average Bonchev–Trinajstić information content (AvgIpc) is 3.33. The lowest BCUT2D eigenvalue weighted by Gasteiger charge is -1.96.